The van der Waals surface area contributed by atoms with Gasteiger partial charge in [0, 0.05) is 18.5 Å². The first-order valence-electron chi connectivity index (χ1n) is 6.43. The number of fused-ring (bicyclic) bond motifs is 1. The molecule has 0 spiro atoms. The second kappa shape index (κ2) is 4.58. The number of para-hydroxylation sites is 1. The number of aromatic nitrogens is 1. The Hall–Kier alpha value is -1.46. The molecule has 3 rings (SSSR count). The number of sulfonamides is 1. The molecule has 0 saturated carbocycles. The number of rotatable bonds is 2. The van der Waals surface area contributed by atoms with Crippen LogP contribution in [0.2, 0.25) is 0 Å². The monoisotopic (exact) mass is 276 g/mol. The molecule has 1 saturated heterocycles. The van der Waals surface area contributed by atoms with Crippen LogP contribution in [0, 0.1) is 5.92 Å². The minimum Gasteiger partial charge on any atom is -0.235 e. The van der Waals surface area contributed by atoms with Crippen LogP contribution < -0.4 is 0 Å². The molecular weight excluding hydrogens is 260 g/mol. The standard InChI is InChI=1S/C14H16N2O2S/c1-11-8-9-16(10-11)19(17,18)14-7-6-12-4-2-3-5-13(12)15-14/h2-7,11H,8-10H2,1H3. The summed E-state index contributed by atoms with van der Waals surface area (Å²) in [4.78, 5) is 4.29. The van der Waals surface area contributed by atoms with Gasteiger partial charge in [-0.15, -0.1) is 0 Å². The summed E-state index contributed by atoms with van der Waals surface area (Å²) in [7, 11) is -3.44. The van der Waals surface area contributed by atoms with Crippen LogP contribution >= 0.6 is 0 Å². The van der Waals surface area contributed by atoms with Crippen LogP contribution in [0.15, 0.2) is 41.4 Å². The normalized spacial score (nSPS) is 21.0. The van der Waals surface area contributed by atoms with Crippen LogP contribution in [0.25, 0.3) is 10.9 Å². The number of pyridine rings is 1. The molecule has 1 aromatic heterocycles. The van der Waals surface area contributed by atoms with Crippen molar-refractivity contribution in [2.45, 2.75) is 18.4 Å². The SMILES string of the molecule is CC1CCN(S(=O)(=O)c2ccc3ccccc3n2)C1. The van der Waals surface area contributed by atoms with Gasteiger partial charge in [0.25, 0.3) is 10.0 Å². The first-order chi connectivity index (χ1) is 9.07. The fraction of sp³-hybridized carbons (Fsp3) is 0.357. The maximum absolute atomic E-state index is 12.5. The zero-order valence-corrected chi connectivity index (χ0v) is 11.6. The predicted octanol–water partition coefficient (Wildman–Crippen LogP) is 2.27. The van der Waals surface area contributed by atoms with Gasteiger partial charge < -0.3 is 0 Å². The van der Waals surface area contributed by atoms with E-state index in [9.17, 15) is 8.42 Å². The summed E-state index contributed by atoms with van der Waals surface area (Å²) in [5.74, 6) is 0.426. The number of nitrogens with zero attached hydrogens (tertiary/aromatic N) is 2. The molecule has 100 valence electrons. The third kappa shape index (κ3) is 2.24. The molecule has 5 heteroatoms. The van der Waals surface area contributed by atoms with E-state index >= 15 is 0 Å². The zero-order chi connectivity index (χ0) is 13.5. The lowest BCUT2D eigenvalue weighted by Crippen LogP contribution is -2.29. The van der Waals surface area contributed by atoms with Gasteiger partial charge in [-0.25, -0.2) is 13.4 Å². The predicted molar refractivity (Wildman–Crippen MR) is 74.3 cm³/mol. The van der Waals surface area contributed by atoms with E-state index in [-0.39, 0.29) is 5.03 Å². The lowest BCUT2D eigenvalue weighted by molar-refractivity contribution is 0.462. The molecule has 1 aliphatic heterocycles. The van der Waals surface area contributed by atoms with Crippen LogP contribution in [0.4, 0.5) is 0 Å². The second-order valence-corrected chi connectivity index (χ2v) is 6.98. The summed E-state index contributed by atoms with van der Waals surface area (Å²) in [6.07, 6.45) is 0.923. The molecule has 0 aliphatic carbocycles. The topological polar surface area (TPSA) is 50.3 Å². The van der Waals surface area contributed by atoms with Crippen molar-refractivity contribution in [3.63, 3.8) is 0 Å². The van der Waals surface area contributed by atoms with Crippen molar-refractivity contribution in [1.82, 2.24) is 9.29 Å². The van der Waals surface area contributed by atoms with Crippen LogP contribution in [-0.2, 0) is 10.0 Å². The molecule has 1 aliphatic rings. The molecule has 1 unspecified atom stereocenters. The molecule has 0 amide bonds. The van der Waals surface area contributed by atoms with Crippen LogP contribution in [-0.4, -0.2) is 30.8 Å². The summed E-state index contributed by atoms with van der Waals surface area (Å²) < 4.78 is 26.5. The fourth-order valence-corrected chi connectivity index (χ4v) is 3.95. The minimum atomic E-state index is -3.44. The maximum atomic E-state index is 12.5. The van der Waals surface area contributed by atoms with E-state index in [4.69, 9.17) is 0 Å². The van der Waals surface area contributed by atoms with Gasteiger partial charge >= 0.3 is 0 Å². The van der Waals surface area contributed by atoms with Gasteiger partial charge in [-0.05, 0) is 30.5 Å². The Morgan fingerprint density at radius 2 is 2.00 bits per heavy atom. The molecule has 0 N–H and O–H groups in total. The molecule has 1 fully saturated rings. The smallest absolute Gasteiger partial charge is 0.235 e. The van der Waals surface area contributed by atoms with E-state index in [0.29, 0.717) is 19.0 Å². The van der Waals surface area contributed by atoms with Crippen molar-refractivity contribution in [2.75, 3.05) is 13.1 Å². The lowest BCUT2D eigenvalue weighted by atomic mass is 10.2. The first kappa shape index (κ1) is 12.6. The van der Waals surface area contributed by atoms with Crippen molar-refractivity contribution in [3.05, 3.63) is 36.4 Å². The summed E-state index contributed by atoms with van der Waals surface area (Å²) in [6.45, 7) is 3.26. The van der Waals surface area contributed by atoms with Gasteiger partial charge in [0.05, 0.1) is 5.52 Å². The van der Waals surface area contributed by atoms with Crippen LogP contribution in [0.5, 0.6) is 0 Å². The van der Waals surface area contributed by atoms with Crippen molar-refractivity contribution in [3.8, 4) is 0 Å². The van der Waals surface area contributed by atoms with Gasteiger partial charge in [-0.2, -0.15) is 4.31 Å². The van der Waals surface area contributed by atoms with E-state index < -0.39 is 10.0 Å². The molecule has 1 atom stereocenters. The number of hydrogen-bond acceptors (Lipinski definition) is 3. The Balaban J connectivity index is 2.03. The first-order valence-corrected chi connectivity index (χ1v) is 7.87. The summed E-state index contributed by atoms with van der Waals surface area (Å²) >= 11 is 0. The molecule has 0 bridgehead atoms. The lowest BCUT2D eigenvalue weighted by Gasteiger charge is -2.15. The summed E-state index contributed by atoms with van der Waals surface area (Å²) in [6, 6.07) is 11.0. The quantitative estimate of drug-likeness (QED) is 0.845. The molecule has 2 aromatic rings. The molecule has 4 nitrogen and oxygen atoms in total. The summed E-state index contributed by atoms with van der Waals surface area (Å²) in [5.41, 5.74) is 0.718. The van der Waals surface area contributed by atoms with Crippen molar-refractivity contribution in [1.29, 1.82) is 0 Å². The Bertz CT molecular complexity index is 712. The maximum Gasteiger partial charge on any atom is 0.260 e. The third-order valence-corrected chi connectivity index (χ3v) is 5.33. The Labute approximate surface area is 113 Å². The molecular formula is C14H16N2O2S. The zero-order valence-electron chi connectivity index (χ0n) is 10.8. The molecule has 0 radical (unpaired) electrons. The van der Waals surface area contributed by atoms with Gasteiger partial charge in [0.15, 0.2) is 5.03 Å². The average molecular weight is 276 g/mol. The summed E-state index contributed by atoms with van der Waals surface area (Å²) in [5, 5.41) is 1.11. The highest BCUT2D eigenvalue weighted by Gasteiger charge is 2.31. The third-order valence-electron chi connectivity index (χ3n) is 3.56. The van der Waals surface area contributed by atoms with Crippen molar-refractivity contribution >= 4 is 20.9 Å². The van der Waals surface area contributed by atoms with Crippen LogP contribution in [0.1, 0.15) is 13.3 Å². The Morgan fingerprint density at radius 3 is 2.74 bits per heavy atom. The van der Waals surface area contributed by atoms with Crippen LogP contribution in [0.3, 0.4) is 0 Å². The van der Waals surface area contributed by atoms with Crippen molar-refractivity contribution < 1.29 is 8.42 Å². The average Bonchev–Trinajstić information content (AvgIpc) is 2.85. The van der Waals surface area contributed by atoms with Gasteiger partial charge in [0.1, 0.15) is 0 Å². The minimum absolute atomic E-state index is 0.153. The van der Waals surface area contributed by atoms with E-state index in [1.807, 2.05) is 30.3 Å². The number of benzene rings is 1. The van der Waals surface area contributed by atoms with Gasteiger partial charge in [-0.1, -0.05) is 25.1 Å². The fourth-order valence-electron chi connectivity index (χ4n) is 2.44. The highest BCUT2D eigenvalue weighted by molar-refractivity contribution is 7.89. The second-order valence-electron chi connectivity index (χ2n) is 5.10. The van der Waals surface area contributed by atoms with E-state index in [2.05, 4.69) is 11.9 Å². The van der Waals surface area contributed by atoms with E-state index in [1.165, 1.54) is 4.31 Å². The number of hydrogen-bond donors (Lipinski definition) is 0. The van der Waals surface area contributed by atoms with Gasteiger partial charge in [-0.3, -0.25) is 0 Å². The van der Waals surface area contributed by atoms with Crippen molar-refractivity contribution in [2.24, 2.45) is 5.92 Å². The van der Waals surface area contributed by atoms with E-state index in [0.717, 1.165) is 17.3 Å². The highest BCUT2D eigenvalue weighted by atomic mass is 32.2. The van der Waals surface area contributed by atoms with E-state index in [1.54, 1.807) is 6.07 Å². The highest BCUT2D eigenvalue weighted by Crippen LogP contribution is 2.24. The Kier molecular flexibility index (Phi) is 3.03. The van der Waals surface area contributed by atoms with Gasteiger partial charge in [0.2, 0.25) is 0 Å². The molecule has 19 heavy (non-hydrogen) atoms. The largest absolute Gasteiger partial charge is 0.260 e. The Morgan fingerprint density at radius 1 is 1.21 bits per heavy atom. The molecule has 2 heterocycles. The molecule has 1 aromatic carbocycles.